The first-order valence-corrected chi connectivity index (χ1v) is 7.66. The molecule has 0 saturated carbocycles. The van der Waals surface area contributed by atoms with E-state index in [2.05, 4.69) is 0 Å². The van der Waals surface area contributed by atoms with E-state index in [0.717, 1.165) is 0 Å². The molecule has 19 heavy (non-hydrogen) atoms. The molecule has 1 aromatic carbocycles. The van der Waals surface area contributed by atoms with Gasteiger partial charge in [0.05, 0.1) is 11.8 Å². The fraction of sp³-hybridized carbons (Fsp3) is 0.417. The second-order valence-corrected chi connectivity index (χ2v) is 6.41. The van der Waals surface area contributed by atoms with Crippen LogP contribution in [0.15, 0.2) is 18.2 Å². The predicted molar refractivity (Wildman–Crippen MR) is 69.7 cm³/mol. The number of anilines is 1. The molecular formula is C12H14FN3O2S. The minimum atomic E-state index is -3.16. The van der Waals surface area contributed by atoms with Gasteiger partial charge in [0.15, 0.2) is 0 Å². The number of nitrogens with zero attached hydrogens (tertiary/aromatic N) is 3. The van der Waals surface area contributed by atoms with Crippen LogP contribution in [0.4, 0.5) is 10.1 Å². The Hall–Kier alpha value is -1.65. The van der Waals surface area contributed by atoms with Gasteiger partial charge in [0.2, 0.25) is 10.0 Å². The Labute approximate surface area is 111 Å². The Morgan fingerprint density at radius 1 is 1.26 bits per heavy atom. The highest BCUT2D eigenvalue weighted by Crippen LogP contribution is 2.20. The van der Waals surface area contributed by atoms with E-state index in [1.807, 2.05) is 4.90 Å². The number of nitriles is 1. The SMILES string of the molecule is CS(=O)(=O)N1CCN(c2ccc(C#N)c(F)c2)CC1. The monoisotopic (exact) mass is 283 g/mol. The van der Waals surface area contributed by atoms with Crippen LogP contribution in [0.2, 0.25) is 0 Å². The lowest BCUT2D eigenvalue weighted by Gasteiger charge is -2.34. The minimum Gasteiger partial charge on any atom is -0.369 e. The van der Waals surface area contributed by atoms with Gasteiger partial charge in [-0.15, -0.1) is 0 Å². The third kappa shape index (κ3) is 3.03. The third-order valence-corrected chi connectivity index (χ3v) is 4.45. The van der Waals surface area contributed by atoms with Crippen molar-refractivity contribution in [2.75, 3.05) is 37.3 Å². The molecule has 2 rings (SSSR count). The fourth-order valence-corrected chi connectivity index (χ4v) is 2.90. The van der Waals surface area contributed by atoms with Crippen molar-refractivity contribution in [1.29, 1.82) is 5.26 Å². The molecule has 0 aromatic heterocycles. The largest absolute Gasteiger partial charge is 0.369 e. The van der Waals surface area contributed by atoms with Gasteiger partial charge in [0.1, 0.15) is 11.9 Å². The Bertz CT molecular complexity index is 616. The lowest BCUT2D eigenvalue weighted by Crippen LogP contribution is -2.48. The van der Waals surface area contributed by atoms with Crippen LogP contribution in [0, 0.1) is 17.1 Å². The van der Waals surface area contributed by atoms with Crippen molar-refractivity contribution in [3.05, 3.63) is 29.6 Å². The van der Waals surface area contributed by atoms with E-state index < -0.39 is 15.8 Å². The molecule has 1 fully saturated rings. The molecule has 0 atom stereocenters. The summed E-state index contributed by atoms with van der Waals surface area (Å²) in [5, 5.41) is 8.67. The first-order valence-electron chi connectivity index (χ1n) is 5.81. The molecule has 0 spiro atoms. The van der Waals surface area contributed by atoms with Gasteiger partial charge in [0.25, 0.3) is 0 Å². The number of piperazine rings is 1. The summed E-state index contributed by atoms with van der Waals surface area (Å²) in [4.78, 5) is 1.91. The third-order valence-electron chi connectivity index (χ3n) is 3.15. The summed E-state index contributed by atoms with van der Waals surface area (Å²) in [7, 11) is -3.16. The van der Waals surface area contributed by atoms with E-state index >= 15 is 0 Å². The Balaban J connectivity index is 2.10. The number of halogens is 1. The van der Waals surface area contributed by atoms with Gasteiger partial charge < -0.3 is 4.90 Å². The van der Waals surface area contributed by atoms with E-state index in [9.17, 15) is 12.8 Å². The molecule has 1 aliphatic heterocycles. The summed E-state index contributed by atoms with van der Waals surface area (Å²) in [5.41, 5.74) is 0.683. The van der Waals surface area contributed by atoms with Crippen LogP contribution in [0.1, 0.15) is 5.56 Å². The van der Waals surface area contributed by atoms with Crippen LogP contribution in [-0.4, -0.2) is 45.2 Å². The lowest BCUT2D eigenvalue weighted by molar-refractivity contribution is 0.388. The van der Waals surface area contributed by atoms with Crippen molar-refractivity contribution in [2.24, 2.45) is 0 Å². The molecule has 1 aliphatic rings. The van der Waals surface area contributed by atoms with E-state index in [-0.39, 0.29) is 5.56 Å². The zero-order valence-electron chi connectivity index (χ0n) is 10.5. The number of hydrogen-bond acceptors (Lipinski definition) is 4. The van der Waals surface area contributed by atoms with Gasteiger partial charge in [-0.2, -0.15) is 9.57 Å². The predicted octanol–water partition coefficient (Wildman–Crippen LogP) is 0.779. The summed E-state index contributed by atoms with van der Waals surface area (Å²) in [6.45, 7) is 1.80. The van der Waals surface area contributed by atoms with Gasteiger partial charge in [-0.1, -0.05) is 0 Å². The molecule has 5 nitrogen and oxygen atoms in total. The van der Waals surface area contributed by atoms with Crippen molar-refractivity contribution >= 4 is 15.7 Å². The second-order valence-electron chi connectivity index (χ2n) is 4.43. The van der Waals surface area contributed by atoms with Gasteiger partial charge >= 0.3 is 0 Å². The second kappa shape index (κ2) is 5.15. The number of sulfonamides is 1. The molecular weight excluding hydrogens is 269 g/mol. The molecule has 0 unspecified atom stereocenters. The highest BCUT2D eigenvalue weighted by Gasteiger charge is 2.23. The van der Waals surface area contributed by atoms with Crippen LogP contribution in [0.5, 0.6) is 0 Å². The van der Waals surface area contributed by atoms with Crippen LogP contribution >= 0.6 is 0 Å². The van der Waals surface area contributed by atoms with Gasteiger partial charge in [-0.25, -0.2) is 12.8 Å². The molecule has 1 heterocycles. The molecule has 1 aromatic rings. The first kappa shape index (κ1) is 13.8. The van der Waals surface area contributed by atoms with Gasteiger partial charge in [-0.3, -0.25) is 0 Å². The number of rotatable bonds is 2. The zero-order valence-corrected chi connectivity index (χ0v) is 11.3. The summed E-state index contributed by atoms with van der Waals surface area (Å²) < 4.78 is 37.7. The van der Waals surface area contributed by atoms with E-state index in [1.54, 1.807) is 12.1 Å². The average Bonchev–Trinajstić information content (AvgIpc) is 2.38. The molecule has 0 aliphatic carbocycles. The Morgan fingerprint density at radius 3 is 2.37 bits per heavy atom. The fourth-order valence-electron chi connectivity index (χ4n) is 2.07. The van der Waals surface area contributed by atoms with Crippen molar-refractivity contribution < 1.29 is 12.8 Å². The maximum absolute atomic E-state index is 13.5. The highest BCUT2D eigenvalue weighted by atomic mass is 32.2. The maximum atomic E-state index is 13.5. The Kier molecular flexibility index (Phi) is 3.73. The topological polar surface area (TPSA) is 64.4 Å². The molecule has 7 heteroatoms. The standard InChI is InChI=1S/C12H14FN3O2S/c1-19(17,18)16-6-4-15(5-7-16)11-3-2-10(9-14)12(13)8-11/h2-3,8H,4-7H2,1H3. The van der Waals surface area contributed by atoms with E-state index in [4.69, 9.17) is 5.26 Å². The van der Waals surface area contributed by atoms with Crippen molar-refractivity contribution in [2.45, 2.75) is 0 Å². The maximum Gasteiger partial charge on any atom is 0.211 e. The van der Waals surface area contributed by atoms with E-state index in [0.29, 0.717) is 31.9 Å². The lowest BCUT2D eigenvalue weighted by atomic mass is 10.2. The van der Waals surface area contributed by atoms with Crippen molar-refractivity contribution in [3.63, 3.8) is 0 Å². The minimum absolute atomic E-state index is 0.0125. The molecule has 0 bridgehead atoms. The van der Waals surface area contributed by atoms with Crippen LogP contribution in [-0.2, 0) is 10.0 Å². The Morgan fingerprint density at radius 2 is 1.89 bits per heavy atom. The van der Waals surface area contributed by atoms with Crippen molar-refractivity contribution in [1.82, 2.24) is 4.31 Å². The van der Waals surface area contributed by atoms with Crippen molar-refractivity contribution in [3.8, 4) is 6.07 Å². The molecule has 0 N–H and O–H groups in total. The number of hydrogen-bond donors (Lipinski definition) is 0. The van der Waals surface area contributed by atoms with Crippen LogP contribution in [0.25, 0.3) is 0 Å². The summed E-state index contributed by atoms with van der Waals surface area (Å²) in [5.74, 6) is -0.550. The number of benzene rings is 1. The van der Waals surface area contributed by atoms with E-state index in [1.165, 1.54) is 22.7 Å². The quantitative estimate of drug-likeness (QED) is 0.804. The summed E-state index contributed by atoms with van der Waals surface area (Å²) in [6.07, 6.45) is 1.18. The zero-order chi connectivity index (χ0) is 14.0. The highest BCUT2D eigenvalue weighted by molar-refractivity contribution is 7.88. The normalized spacial score (nSPS) is 17.2. The van der Waals surface area contributed by atoms with Gasteiger partial charge in [-0.05, 0) is 18.2 Å². The molecule has 102 valence electrons. The molecule has 0 amide bonds. The summed E-state index contributed by atoms with van der Waals surface area (Å²) >= 11 is 0. The molecule has 1 saturated heterocycles. The first-order chi connectivity index (χ1) is 8.91. The van der Waals surface area contributed by atoms with Crippen LogP contribution < -0.4 is 4.90 Å². The molecule has 0 radical (unpaired) electrons. The van der Waals surface area contributed by atoms with Crippen LogP contribution in [0.3, 0.4) is 0 Å². The average molecular weight is 283 g/mol. The van der Waals surface area contributed by atoms with Gasteiger partial charge in [0, 0.05) is 31.9 Å². The smallest absolute Gasteiger partial charge is 0.211 e. The summed E-state index contributed by atoms with van der Waals surface area (Å²) in [6, 6.07) is 6.20.